The van der Waals surface area contributed by atoms with E-state index in [1.165, 1.54) is 5.56 Å². The van der Waals surface area contributed by atoms with Crippen molar-refractivity contribution in [3.05, 3.63) is 29.8 Å². The van der Waals surface area contributed by atoms with Crippen LogP contribution in [-0.4, -0.2) is 76.9 Å². The SMILES string of the molecule is CN=C(NCc1cccc(OCCN(C)C)c1)N(C)CC1CCOC1.I. The van der Waals surface area contributed by atoms with Crippen LogP contribution in [0, 0.1) is 5.92 Å². The van der Waals surface area contributed by atoms with Crippen LogP contribution >= 0.6 is 24.0 Å². The third kappa shape index (κ3) is 8.09. The fourth-order valence-corrected chi connectivity index (χ4v) is 2.86. The van der Waals surface area contributed by atoms with Crippen LogP contribution < -0.4 is 10.1 Å². The monoisotopic (exact) mass is 476 g/mol. The zero-order valence-corrected chi connectivity index (χ0v) is 18.7. The molecule has 1 fully saturated rings. The molecule has 0 amide bonds. The van der Waals surface area contributed by atoms with Crippen LogP contribution in [0.15, 0.2) is 29.3 Å². The standard InChI is InChI=1S/C19H32N4O2.HI/c1-20-19(23(4)14-17-8-10-24-15-17)21-13-16-6-5-7-18(12-16)25-11-9-22(2)3;/h5-7,12,17H,8-11,13-15H2,1-4H3,(H,20,21);1H. The van der Waals surface area contributed by atoms with Crippen molar-refractivity contribution in [3.8, 4) is 5.75 Å². The molecule has 0 spiro atoms. The molecule has 148 valence electrons. The van der Waals surface area contributed by atoms with Gasteiger partial charge in [-0.15, -0.1) is 24.0 Å². The van der Waals surface area contributed by atoms with Gasteiger partial charge >= 0.3 is 0 Å². The van der Waals surface area contributed by atoms with Crippen LogP contribution in [0.5, 0.6) is 5.75 Å². The molecule has 1 atom stereocenters. The fourth-order valence-electron chi connectivity index (χ4n) is 2.86. The summed E-state index contributed by atoms with van der Waals surface area (Å²) in [6.07, 6.45) is 1.13. The molecule has 1 heterocycles. The minimum absolute atomic E-state index is 0. The van der Waals surface area contributed by atoms with Gasteiger partial charge < -0.3 is 24.6 Å². The van der Waals surface area contributed by atoms with E-state index in [9.17, 15) is 0 Å². The lowest BCUT2D eigenvalue weighted by Gasteiger charge is -2.24. The number of aliphatic imine (C=N–C) groups is 1. The predicted molar refractivity (Wildman–Crippen MR) is 118 cm³/mol. The quantitative estimate of drug-likeness (QED) is 0.355. The maximum atomic E-state index is 5.80. The average molecular weight is 476 g/mol. The molecule has 0 aromatic heterocycles. The Morgan fingerprint density at radius 1 is 1.35 bits per heavy atom. The van der Waals surface area contributed by atoms with Crippen molar-refractivity contribution >= 4 is 29.9 Å². The molecule has 7 heteroatoms. The third-order valence-corrected chi connectivity index (χ3v) is 4.29. The topological polar surface area (TPSA) is 49.3 Å². The summed E-state index contributed by atoms with van der Waals surface area (Å²) in [5.41, 5.74) is 1.18. The molecule has 26 heavy (non-hydrogen) atoms. The number of hydrogen-bond donors (Lipinski definition) is 1. The minimum atomic E-state index is 0. The first-order valence-corrected chi connectivity index (χ1v) is 8.94. The molecule has 0 radical (unpaired) electrons. The molecule has 1 saturated heterocycles. The highest BCUT2D eigenvalue weighted by Crippen LogP contribution is 2.14. The fraction of sp³-hybridized carbons (Fsp3) is 0.632. The second-order valence-electron chi connectivity index (χ2n) is 6.81. The Morgan fingerprint density at radius 3 is 2.81 bits per heavy atom. The number of benzene rings is 1. The Hall–Kier alpha value is -1.06. The maximum Gasteiger partial charge on any atom is 0.193 e. The van der Waals surface area contributed by atoms with Gasteiger partial charge in [0.05, 0.1) is 6.61 Å². The summed E-state index contributed by atoms with van der Waals surface area (Å²) >= 11 is 0. The zero-order chi connectivity index (χ0) is 18.1. The van der Waals surface area contributed by atoms with Gasteiger partial charge in [-0.05, 0) is 38.2 Å². The molecule has 1 N–H and O–H groups in total. The number of hydrogen-bond acceptors (Lipinski definition) is 4. The lowest BCUT2D eigenvalue weighted by atomic mass is 10.1. The van der Waals surface area contributed by atoms with Crippen molar-refractivity contribution in [3.63, 3.8) is 0 Å². The van der Waals surface area contributed by atoms with E-state index < -0.39 is 0 Å². The molecular weight excluding hydrogens is 443 g/mol. The predicted octanol–water partition coefficient (Wildman–Crippen LogP) is 2.29. The summed E-state index contributed by atoms with van der Waals surface area (Å²) in [6.45, 7) is 5.03. The van der Waals surface area contributed by atoms with Crippen molar-refractivity contribution < 1.29 is 9.47 Å². The summed E-state index contributed by atoms with van der Waals surface area (Å²) in [7, 11) is 7.99. The number of ether oxygens (including phenoxy) is 2. The van der Waals surface area contributed by atoms with Gasteiger partial charge in [-0.25, -0.2) is 0 Å². The van der Waals surface area contributed by atoms with Crippen molar-refractivity contribution in [1.82, 2.24) is 15.1 Å². The van der Waals surface area contributed by atoms with Gasteiger partial charge in [0.25, 0.3) is 0 Å². The second-order valence-corrected chi connectivity index (χ2v) is 6.81. The van der Waals surface area contributed by atoms with Gasteiger partial charge in [-0.3, -0.25) is 4.99 Å². The number of nitrogens with one attached hydrogen (secondary N) is 1. The zero-order valence-electron chi connectivity index (χ0n) is 16.4. The number of nitrogens with zero attached hydrogens (tertiary/aromatic N) is 3. The Morgan fingerprint density at radius 2 is 2.15 bits per heavy atom. The summed E-state index contributed by atoms with van der Waals surface area (Å²) < 4.78 is 11.3. The van der Waals surface area contributed by atoms with Crippen LogP contribution in [0.2, 0.25) is 0 Å². The normalized spacial score (nSPS) is 17.1. The van der Waals surface area contributed by atoms with E-state index in [0.717, 1.165) is 51.0 Å². The number of guanidine groups is 1. The molecule has 1 aliphatic heterocycles. The Kier molecular flexibility index (Phi) is 10.9. The smallest absolute Gasteiger partial charge is 0.193 e. The van der Waals surface area contributed by atoms with Gasteiger partial charge in [0.1, 0.15) is 12.4 Å². The van der Waals surface area contributed by atoms with Gasteiger partial charge in [0, 0.05) is 46.3 Å². The van der Waals surface area contributed by atoms with Crippen molar-refractivity contribution in [2.75, 3.05) is 61.1 Å². The lowest BCUT2D eigenvalue weighted by molar-refractivity contribution is 0.181. The highest BCUT2D eigenvalue weighted by Gasteiger charge is 2.18. The molecule has 1 unspecified atom stereocenters. The van der Waals surface area contributed by atoms with Crippen molar-refractivity contribution in [1.29, 1.82) is 0 Å². The van der Waals surface area contributed by atoms with Crippen LogP contribution in [0.1, 0.15) is 12.0 Å². The number of halogens is 1. The minimum Gasteiger partial charge on any atom is -0.492 e. The van der Waals surface area contributed by atoms with E-state index in [-0.39, 0.29) is 24.0 Å². The molecule has 0 saturated carbocycles. The largest absolute Gasteiger partial charge is 0.492 e. The molecular formula is C19H33IN4O2. The lowest BCUT2D eigenvalue weighted by Crippen LogP contribution is -2.41. The Balaban J connectivity index is 0.00000338. The van der Waals surface area contributed by atoms with Gasteiger partial charge in [-0.1, -0.05) is 12.1 Å². The summed E-state index contributed by atoms with van der Waals surface area (Å²) in [4.78, 5) is 8.68. The van der Waals surface area contributed by atoms with E-state index in [1.54, 1.807) is 0 Å². The van der Waals surface area contributed by atoms with E-state index in [2.05, 4.69) is 39.3 Å². The first kappa shape index (κ1) is 23.0. The van der Waals surface area contributed by atoms with E-state index in [0.29, 0.717) is 12.5 Å². The molecule has 0 bridgehead atoms. The van der Waals surface area contributed by atoms with E-state index in [1.807, 2.05) is 33.3 Å². The van der Waals surface area contributed by atoms with Crippen LogP contribution in [0.25, 0.3) is 0 Å². The molecule has 2 rings (SSSR count). The molecule has 6 nitrogen and oxygen atoms in total. The summed E-state index contributed by atoms with van der Waals surface area (Å²) in [5.74, 6) is 2.41. The highest BCUT2D eigenvalue weighted by atomic mass is 127. The van der Waals surface area contributed by atoms with Gasteiger partial charge in [0.15, 0.2) is 5.96 Å². The summed E-state index contributed by atoms with van der Waals surface area (Å²) in [6, 6.07) is 8.22. The van der Waals surface area contributed by atoms with Crippen LogP contribution in [-0.2, 0) is 11.3 Å². The maximum absolute atomic E-state index is 5.80. The molecule has 1 aromatic rings. The first-order chi connectivity index (χ1) is 12.1. The third-order valence-electron chi connectivity index (χ3n) is 4.29. The van der Waals surface area contributed by atoms with Crippen LogP contribution in [0.4, 0.5) is 0 Å². The van der Waals surface area contributed by atoms with Crippen LogP contribution in [0.3, 0.4) is 0 Å². The molecule has 1 aliphatic rings. The van der Waals surface area contributed by atoms with Gasteiger partial charge in [0.2, 0.25) is 0 Å². The Labute approximate surface area is 175 Å². The number of rotatable bonds is 8. The van der Waals surface area contributed by atoms with Crippen molar-refractivity contribution in [2.24, 2.45) is 10.9 Å². The second kappa shape index (κ2) is 12.3. The Bertz CT molecular complexity index is 548. The van der Waals surface area contributed by atoms with Crippen molar-refractivity contribution in [2.45, 2.75) is 13.0 Å². The van der Waals surface area contributed by atoms with E-state index >= 15 is 0 Å². The molecule has 1 aromatic carbocycles. The number of likely N-dealkylation sites (N-methyl/N-ethyl adjacent to an activating group) is 1. The first-order valence-electron chi connectivity index (χ1n) is 8.94. The molecule has 0 aliphatic carbocycles. The average Bonchev–Trinajstić information content (AvgIpc) is 3.08. The highest BCUT2D eigenvalue weighted by molar-refractivity contribution is 14.0. The van der Waals surface area contributed by atoms with Gasteiger partial charge in [-0.2, -0.15) is 0 Å². The van der Waals surface area contributed by atoms with E-state index in [4.69, 9.17) is 9.47 Å². The summed E-state index contributed by atoms with van der Waals surface area (Å²) in [5, 5.41) is 3.43.